The summed E-state index contributed by atoms with van der Waals surface area (Å²) < 4.78 is 0. The van der Waals surface area contributed by atoms with Crippen LogP contribution in [0.3, 0.4) is 0 Å². The molecule has 0 bridgehead atoms. The second-order valence-electron chi connectivity index (χ2n) is 6.35. The van der Waals surface area contributed by atoms with Gasteiger partial charge in [-0.15, -0.1) is 11.6 Å². The average Bonchev–Trinajstić information content (AvgIpc) is 2.72. The summed E-state index contributed by atoms with van der Waals surface area (Å²) in [6.45, 7) is 3.32. The quantitative estimate of drug-likeness (QED) is 0.764. The molecule has 1 unspecified atom stereocenters. The number of piperazine rings is 1. The smallest absolute Gasteiger partial charge is 0.256 e. The number of alkyl halides is 1. The molecule has 1 aliphatic heterocycles. The van der Waals surface area contributed by atoms with Gasteiger partial charge in [0.2, 0.25) is 0 Å². The number of nitrogens with zero attached hydrogens (tertiary/aromatic N) is 2. The van der Waals surface area contributed by atoms with Crippen LogP contribution in [0, 0.1) is 0 Å². The number of rotatable bonds is 6. The summed E-state index contributed by atoms with van der Waals surface area (Å²) in [5.74, 6) is 0.172. The van der Waals surface area contributed by atoms with Gasteiger partial charge in [-0.2, -0.15) is 0 Å². The number of aliphatic hydroxyl groups excluding tert-OH is 1. The first kappa shape index (κ1) is 18.5. The molecular formula is C20H24ClN3O2. The first-order valence-corrected chi connectivity index (χ1v) is 9.38. The lowest BCUT2D eigenvalue weighted by atomic mass is 10.1. The number of nitrogens with one attached hydrogen (secondary N) is 1. The molecule has 0 spiro atoms. The Morgan fingerprint density at radius 1 is 1.04 bits per heavy atom. The van der Waals surface area contributed by atoms with Gasteiger partial charge in [0.25, 0.3) is 5.91 Å². The topological polar surface area (TPSA) is 55.8 Å². The van der Waals surface area contributed by atoms with Gasteiger partial charge in [0.05, 0.1) is 17.5 Å². The summed E-state index contributed by atoms with van der Waals surface area (Å²) >= 11 is 5.64. The molecule has 6 heteroatoms. The van der Waals surface area contributed by atoms with Crippen molar-refractivity contribution in [3.63, 3.8) is 0 Å². The van der Waals surface area contributed by atoms with Gasteiger partial charge in [-0.1, -0.05) is 30.3 Å². The van der Waals surface area contributed by atoms with Gasteiger partial charge < -0.3 is 20.2 Å². The van der Waals surface area contributed by atoms with Crippen molar-refractivity contribution < 1.29 is 9.90 Å². The van der Waals surface area contributed by atoms with E-state index in [9.17, 15) is 9.90 Å². The highest BCUT2D eigenvalue weighted by Gasteiger charge is 2.23. The largest absolute Gasteiger partial charge is 0.390 e. The van der Waals surface area contributed by atoms with Crippen LogP contribution >= 0.6 is 11.6 Å². The maximum Gasteiger partial charge on any atom is 0.256 e. The van der Waals surface area contributed by atoms with Crippen LogP contribution in [-0.4, -0.2) is 60.6 Å². The summed E-state index contributed by atoms with van der Waals surface area (Å²) in [6.07, 6.45) is -0.644. The molecule has 138 valence electrons. The molecule has 2 aromatic rings. The minimum atomic E-state index is -0.644. The van der Waals surface area contributed by atoms with Gasteiger partial charge in [-0.3, -0.25) is 4.79 Å². The van der Waals surface area contributed by atoms with Crippen LogP contribution < -0.4 is 10.2 Å². The summed E-state index contributed by atoms with van der Waals surface area (Å²) in [4.78, 5) is 17.1. The fourth-order valence-corrected chi connectivity index (χ4v) is 3.19. The Labute approximate surface area is 159 Å². The predicted molar refractivity (Wildman–Crippen MR) is 106 cm³/mol. The summed E-state index contributed by atoms with van der Waals surface area (Å²) in [7, 11) is 0. The Balaban J connectivity index is 1.63. The Hall–Kier alpha value is -2.24. The average molecular weight is 374 g/mol. The lowest BCUT2D eigenvalue weighted by Crippen LogP contribution is -2.48. The molecule has 3 rings (SSSR count). The summed E-state index contributed by atoms with van der Waals surface area (Å²) in [5, 5.41) is 12.8. The van der Waals surface area contributed by atoms with Crippen LogP contribution in [-0.2, 0) is 0 Å². The van der Waals surface area contributed by atoms with E-state index in [2.05, 4.69) is 22.3 Å². The maximum absolute atomic E-state index is 13.0. The van der Waals surface area contributed by atoms with Gasteiger partial charge in [-0.25, -0.2) is 0 Å². The van der Waals surface area contributed by atoms with Crippen molar-refractivity contribution in [3.8, 4) is 0 Å². The SMILES string of the molecule is O=C(c1ccccc1NCC(O)CCl)N1CCN(c2ccccc2)CC1. The highest BCUT2D eigenvalue weighted by molar-refractivity contribution is 6.18. The predicted octanol–water partition coefficient (Wildman–Crippen LogP) is 2.66. The van der Waals surface area contributed by atoms with Crippen molar-refractivity contribution >= 4 is 28.9 Å². The molecule has 1 saturated heterocycles. The standard InChI is InChI=1S/C20H24ClN3O2/c21-14-17(25)15-22-19-9-5-4-8-18(19)20(26)24-12-10-23(11-13-24)16-6-2-1-3-7-16/h1-9,17,22,25H,10-15H2. The lowest BCUT2D eigenvalue weighted by Gasteiger charge is -2.36. The van der Waals surface area contributed by atoms with E-state index < -0.39 is 6.10 Å². The second-order valence-corrected chi connectivity index (χ2v) is 6.66. The molecule has 0 aromatic heterocycles. The zero-order valence-corrected chi connectivity index (χ0v) is 15.4. The Bertz CT molecular complexity index is 718. The fraction of sp³-hybridized carbons (Fsp3) is 0.350. The van der Waals surface area contributed by atoms with Gasteiger partial charge in [-0.05, 0) is 24.3 Å². The van der Waals surface area contributed by atoms with Crippen LogP contribution in [0.2, 0.25) is 0 Å². The number of carbonyl (C=O) groups is 1. The first-order chi connectivity index (χ1) is 12.7. The van der Waals surface area contributed by atoms with Gasteiger partial charge in [0.1, 0.15) is 0 Å². The second kappa shape index (κ2) is 8.92. The van der Waals surface area contributed by atoms with Gasteiger partial charge in [0, 0.05) is 44.1 Å². The number of aliphatic hydroxyl groups is 1. The highest BCUT2D eigenvalue weighted by atomic mass is 35.5. The molecule has 1 amide bonds. The van der Waals surface area contributed by atoms with Crippen LogP contribution in [0.25, 0.3) is 0 Å². The third-order valence-corrected chi connectivity index (χ3v) is 4.91. The van der Waals surface area contributed by atoms with Crippen LogP contribution in [0.4, 0.5) is 11.4 Å². The van der Waals surface area contributed by atoms with Crippen LogP contribution in [0.1, 0.15) is 10.4 Å². The van der Waals surface area contributed by atoms with E-state index in [4.69, 9.17) is 11.6 Å². The highest BCUT2D eigenvalue weighted by Crippen LogP contribution is 2.20. The molecule has 5 nitrogen and oxygen atoms in total. The number of para-hydroxylation sites is 2. The van der Waals surface area contributed by atoms with E-state index in [1.54, 1.807) is 0 Å². The molecule has 1 fully saturated rings. The normalized spacial score (nSPS) is 15.6. The molecule has 1 atom stereocenters. The van der Waals surface area contributed by atoms with Gasteiger partial charge >= 0.3 is 0 Å². The minimum Gasteiger partial charge on any atom is -0.390 e. The monoisotopic (exact) mass is 373 g/mol. The molecular weight excluding hydrogens is 350 g/mol. The number of amides is 1. The Kier molecular flexibility index (Phi) is 6.36. The number of benzene rings is 2. The van der Waals surface area contributed by atoms with Crippen LogP contribution in [0.5, 0.6) is 0 Å². The summed E-state index contributed by atoms with van der Waals surface area (Å²) in [6, 6.07) is 17.7. The van der Waals surface area contributed by atoms with E-state index >= 15 is 0 Å². The third-order valence-electron chi connectivity index (χ3n) is 4.55. The lowest BCUT2D eigenvalue weighted by molar-refractivity contribution is 0.0747. The van der Waals surface area contributed by atoms with E-state index in [1.807, 2.05) is 47.4 Å². The van der Waals surface area contributed by atoms with E-state index in [-0.39, 0.29) is 11.8 Å². The Morgan fingerprint density at radius 3 is 2.38 bits per heavy atom. The summed E-state index contributed by atoms with van der Waals surface area (Å²) in [5.41, 5.74) is 2.55. The molecule has 0 saturated carbocycles. The molecule has 26 heavy (non-hydrogen) atoms. The fourth-order valence-electron chi connectivity index (χ4n) is 3.08. The zero-order chi connectivity index (χ0) is 18.4. The molecule has 1 aliphatic rings. The number of hydrogen-bond donors (Lipinski definition) is 2. The van der Waals surface area contributed by atoms with Crippen molar-refractivity contribution in [2.24, 2.45) is 0 Å². The minimum absolute atomic E-state index is 0.0150. The number of carbonyl (C=O) groups excluding carboxylic acids is 1. The van der Waals surface area contributed by atoms with Gasteiger partial charge in [0.15, 0.2) is 0 Å². The molecule has 2 N–H and O–H groups in total. The third kappa shape index (κ3) is 4.48. The first-order valence-electron chi connectivity index (χ1n) is 8.85. The maximum atomic E-state index is 13.0. The zero-order valence-electron chi connectivity index (χ0n) is 14.6. The molecule has 0 radical (unpaired) electrons. The molecule has 0 aliphatic carbocycles. The van der Waals surface area contributed by atoms with Crippen molar-refractivity contribution in [2.75, 3.05) is 48.8 Å². The van der Waals surface area contributed by atoms with Crippen molar-refractivity contribution in [2.45, 2.75) is 6.10 Å². The van der Waals surface area contributed by atoms with E-state index in [1.165, 1.54) is 5.69 Å². The van der Waals surface area contributed by atoms with E-state index in [0.29, 0.717) is 25.2 Å². The van der Waals surface area contributed by atoms with E-state index in [0.717, 1.165) is 18.8 Å². The van der Waals surface area contributed by atoms with Crippen molar-refractivity contribution in [3.05, 3.63) is 60.2 Å². The van der Waals surface area contributed by atoms with Crippen molar-refractivity contribution in [1.29, 1.82) is 0 Å². The number of anilines is 2. The van der Waals surface area contributed by atoms with Crippen LogP contribution in [0.15, 0.2) is 54.6 Å². The Morgan fingerprint density at radius 2 is 1.69 bits per heavy atom. The molecule has 2 aromatic carbocycles. The number of hydrogen-bond acceptors (Lipinski definition) is 4. The number of halogens is 1. The molecule has 1 heterocycles. The van der Waals surface area contributed by atoms with Crippen molar-refractivity contribution in [1.82, 2.24) is 4.90 Å².